The van der Waals surface area contributed by atoms with E-state index < -0.39 is 4.92 Å². The number of amides is 1. The van der Waals surface area contributed by atoms with Crippen molar-refractivity contribution in [2.24, 2.45) is 0 Å². The zero-order valence-electron chi connectivity index (χ0n) is 19.9. The van der Waals surface area contributed by atoms with Crippen molar-refractivity contribution in [3.8, 4) is 17.1 Å². The molecule has 0 aliphatic heterocycles. The van der Waals surface area contributed by atoms with Gasteiger partial charge in [-0.2, -0.15) is 0 Å². The van der Waals surface area contributed by atoms with Gasteiger partial charge < -0.3 is 5.32 Å². The van der Waals surface area contributed by atoms with Gasteiger partial charge in [0.2, 0.25) is 5.91 Å². The first-order valence-electron chi connectivity index (χ1n) is 11.8. The maximum Gasteiger partial charge on any atom is 0.269 e. The molecule has 0 radical (unpaired) electrons. The monoisotopic (exact) mass is 501 g/mol. The molecule has 1 atom stereocenters. The van der Waals surface area contributed by atoms with Gasteiger partial charge in [-0.15, -0.1) is 10.2 Å². The maximum atomic E-state index is 12.3. The Balaban J connectivity index is 1.36. The molecule has 1 heterocycles. The number of nitrogens with zero attached hydrogens (tertiary/aromatic N) is 4. The van der Waals surface area contributed by atoms with Crippen LogP contribution in [0, 0.1) is 10.1 Å². The Morgan fingerprint density at radius 2 is 1.64 bits per heavy atom. The van der Waals surface area contributed by atoms with Crippen molar-refractivity contribution < 1.29 is 9.72 Å². The van der Waals surface area contributed by atoms with Crippen LogP contribution >= 0.6 is 11.8 Å². The first kappa shape index (κ1) is 25.1. The Morgan fingerprint density at radius 1 is 0.972 bits per heavy atom. The summed E-state index contributed by atoms with van der Waals surface area (Å²) < 4.78 is 1.96. The van der Waals surface area contributed by atoms with Crippen molar-refractivity contribution in [2.75, 3.05) is 5.75 Å². The number of nitro benzene ring substituents is 1. The van der Waals surface area contributed by atoms with Crippen LogP contribution in [0.1, 0.15) is 37.8 Å². The van der Waals surface area contributed by atoms with E-state index in [1.54, 1.807) is 23.9 Å². The fourth-order valence-electron chi connectivity index (χ4n) is 3.78. The molecule has 0 fully saturated rings. The molecule has 0 bridgehead atoms. The summed E-state index contributed by atoms with van der Waals surface area (Å²) in [6.45, 7) is 1.99. The van der Waals surface area contributed by atoms with Crippen molar-refractivity contribution in [2.45, 2.75) is 37.4 Å². The van der Waals surface area contributed by atoms with E-state index in [-0.39, 0.29) is 17.6 Å². The number of thioether (sulfide) groups is 1. The molecule has 4 aromatic rings. The number of carbonyl (C=O) groups is 1. The number of aromatic nitrogens is 3. The van der Waals surface area contributed by atoms with E-state index in [9.17, 15) is 14.9 Å². The number of carbonyl (C=O) groups excluding carboxylic acids is 1. The SMILES string of the molecule is CC(NC(=O)CCCCSc1nnc(-c2ccc([N+](=O)[O-])cc2)n1-c1ccccc1)c1ccccc1. The third-order valence-corrected chi connectivity index (χ3v) is 6.71. The van der Waals surface area contributed by atoms with E-state index in [1.807, 2.05) is 72.2 Å². The number of benzene rings is 3. The molecule has 3 aromatic carbocycles. The summed E-state index contributed by atoms with van der Waals surface area (Å²) in [6.07, 6.45) is 2.10. The van der Waals surface area contributed by atoms with Gasteiger partial charge in [-0.3, -0.25) is 19.5 Å². The van der Waals surface area contributed by atoms with Crippen molar-refractivity contribution in [3.05, 3.63) is 101 Å². The summed E-state index contributed by atoms with van der Waals surface area (Å²) in [5.74, 6) is 1.45. The molecule has 1 N–H and O–H groups in total. The van der Waals surface area contributed by atoms with Crippen LogP contribution in [0.4, 0.5) is 5.69 Å². The number of para-hydroxylation sites is 1. The Kier molecular flexibility index (Phi) is 8.46. The lowest BCUT2D eigenvalue weighted by Crippen LogP contribution is -2.26. The number of unbranched alkanes of at least 4 members (excludes halogenated alkanes) is 1. The molecular formula is C27H27N5O3S. The standard InChI is InChI=1S/C27H27N5O3S/c1-20(21-10-4-2-5-11-21)28-25(33)14-8-9-19-36-27-30-29-26(31(27)23-12-6-3-7-13-23)22-15-17-24(18-16-22)32(34)35/h2-7,10-13,15-18,20H,8-9,14,19H2,1H3,(H,28,33). The summed E-state index contributed by atoms with van der Waals surface area (Å²) in [4.78, 5) is 22.9. The second kappa shape index (κ2) is 12.1. The van der Waals surface area contributed by atoms with E-state index in [4.69, 9.17) is 0 Å². The van der Waals surface area contributed by atoms with Crippen LogP contribution in [0.3, 0.4) is 0 Å². The van der Waals surface area contributed by atoms with Gasteiger partial charge in [0.1, 0.15) is 0 Å². The van der Waals surface area contributed by atoms with Gasteiger partial charge in [0.25, 0.3) is 5.69 Å². The van der Waals surface area contributed by atoms with Crippen molar-refractivity contribution in [1.29, 1.82) is 0 Å². The van der Waals surface area contributed by atoms with Crippen molar-refractivity contribution in [3.63, 3.8) is 0 Å². The highest BCUT2D eigenvalue weighted by molar-refractivity contribution is 7.99. The molecule has 0 saturated heterocycles. The Morgan fingerprint density at radius 3 is 2.31 bits per heavy atom. The second-order valence-corrected chi connectivity index (χ2v) is 9.35. The molecule has 4 rings (SSSR count). The average molecular weight is 502 g/mol. The fraction of sp³-hybridized carbons (Fsp3) is 0.222. The molecule has 9 heteroatoms. The van der Waals surface area contributed by atoms with E-state index in [1.165, 1.54) is 12.1 Å². The molecule has 184 valence electrons. The molecule has 1 aromatic heterocycles. The lowest BCUT2D eigenvalue weighted by Gasteiger charge is -2.14. The lowest BCUT2D eigenvalue weighted by atomic mass is 10.1. The van der Waals surface area contributed by atoms with Crippen molar-refractivity contribution >= 4 is 23.4 Å². The van der Waals surface area contributed by atoms with Gasteiger partial charge in [-0.25, -0.2) is 0 Å². The minimum absolute atomic E-state index is 0.0182. The largest absolute Gasteiger partial charge is 0.350 e. The molecule has 36 heavy (non-hydrogen) atoms. The van der Waals surface area contributed by atoms with Gasteiger partial charge in [-0.1, -0.05) is 60.3 Å². The molecule has 0 aliphatic rings. The first-order chi connectivity index (χ1) is 17.5. The quantitative estimate of drug-likeness (QED) is 0.117. The van der Waals surface area contributed by atoms with E-state index in [2.05, 4.69) is 15.5 Å². The second-order valence-electron chi connectivity index (χ2n) is 8.29. The van der Waals surface area contributed by atoms with Crippen LogP contribution in [0.2, 0.25) is 0 Å². The minimum Gasteiger partial charge on any atom is -0.350 e. The number of rotatable bonds is 11. The van der Waals surface area contributed by atoms with Crippen LogP contribution in [0.5, 0.6) is 0 Å². The Bertz CT molecular complexity index is 1290. The Labute approximate surface area is 213 Å². The van der Waals surface area contributed by atoms with Gasteiger partial charge in [0.05, 0.1) is 11.0 Å². The van der Waals surface area contributed by atoms with Crippen LogP contribution in [-0.4, -0.2) is 31.3 Å². The van der Waals surface area contributed by atoms with Crippen molar-refractivity contribution in [1.82, 2.24) is 20.1 Å². The molecule has 8 nitrogen and oxygen atoms in total. The average Bonchev–Trinajstić information content (AvgIpc) is 3.33. The van der Waals surface area contributed by atoms with Gasteiger partial charge in [-0.05, 0) is 49.6 Å². The number of nitro groups is 1. The highest BCUT2D eigenvalue weighted by atomic mass is 32.2. The predicted molar refractivity (Wildman–Crippen MR) is 141 cm³/mol. The highest BCUT2D eigenvalue weighted by Crippen LogP contribution is 2.29. The molecule has 0 aliphatic carbocycles. The zero-order valence-corrected chi connectivity index (χ0v) is 20.7. The number of hydrogen-bond donors (Lipinski definition) is 1. The number of hydrogen-bond acceptors (Lipinski definition) is 6. The zero-order chi connectivity index (χ0) is 25.3. The summed E-state index contributed by atoms with van der Waals surface area (Å²) in [5, 5.41) is 23.6. The summed E-state index contributed by atoms with van der Waals surface area (Å²) in [7, 11) is 0. The van der Waals surface area contributed by atoms with Gasteiger partial charge >= 0.3 is 0 Å². The van der Waals surface area contributed by atoms with E-state index in [0.29, 0.717) is 12.2 Å². The summed E-state index contributed by atoms with van der Waals surface area (Å²) >= 11 is 1.58. The predicted octanol–water partition coefficient (Wildman–Crippen LogP) is 5.98. The minimum atomic E-state index is -0.421. The molecule has 0 saturated carbocycles. The Hall–Kier alpha value is -3.98. The third-order valence-electron chi connectivity index (χ3n) is 5.69. The molecule has 1 amide bonds. The fourth-order valence-corrected chi connectivity index (χ4v) is 4.73. The van der Waals surface area contributed by atoms with Gasteiger partial charge in [0, 0.05) is 35.6 Å². The first-order valence-corrected chi connectivity index (χ1v) is 12.7. The topological polar surface area (TPSA) is 103 Å². The van der Waals surface area contributed by atoms with Crippen LogP contribution in [0.15, 0.2) is 90.1 Å². The lowest BCUT2D eigenvalue weighted by molar-refractivity contribution is -0.384. The normalized spacial score (nSPS) is 11.7. The van der Waals surface area contributed by atoms with Gasteiger partial charge in [0.15, 0.2) is 11.0 Å². The van der Waals surface area contributed by atoms with E-state index >= 15 is 0 Å². The van der Waals surface area contributed by atoms with Crippen LogP contribution in [-0.2, 0) is 4.79 Å². The third kappa shape index (κ3) is 6.37. The number of nitrogens with one attached hydrogen (secondary N) is 1. The summed E-state index contributed by atoms with van der Waals surface area (Å²) in [6, 6.07) is 26.0. The summed E-state index contributed by atoms with van der Waals surface area (Å²) in [5.41, 5.74) is 2.77. The number of non-ortho nitro benzene ring substituents is 1. The van der Waals surface area contributed by atoms with Crippen LogP contribution in [0.25, 0.3) is 17.1 Å². The molecule has 1 unspecified atom stereocenters. The maximum absolute atomic E-state index is 12.3. The van der Waals surface area contributed by atoms with E-state index in [0.717, 1.165) is 40.6 Å². The smallest absolute Gasteiger partial charge is 0.269 e. The molecular weight excluding hydrogens is 474 g/mol. The highest BCUT2D eigenvalue weighted by Gasteiger charge is 2.17. The molecule has 0 spiro atoms. The van der Waals surface area contributed by atoms with Crippen LogP contribution < -0.4 is 5.32 Å².